The molecule has 0 fully saturated rings. The molecule has 0 bridgehead atoms. The summed E-state index contributed by atoms with van der Waals surface area (Å²) in [4.78, 5) is 3.95. The second kappa shape index (κ2) is 3.44. The Morgan fingerprint density at radius 3 is 2.46 bits per heavy atom. The van der Waals surface area contributed by atoms with Crippen molar-refractivity contribution in [1.82, 2.24) is 4.98 Å². The van der Waals surface area contributed by atoms with Crippen LogP contribution in [0.15, 0.2) is 18.5 Å². The molecule has 2 N–H and O–H groups in total. The van der Waals surface area contributed by atoms with Gasteiger partial charge >= 0.3 is 0 Å². The lowest BCUT2D eigenvalue weighted by Gasteiger charge is -2.24. The van der Waals surface area contributed by atoms with Crippen LogP contribution in [0.4, 0.5) is 0 Å². The summed E-state index contributed by atoms with van der Waals surface area (Å²) < 4.78 is 0. The Bertz CT molecular complexity index is 291. The molecule has 3 heteroatoms. The van der Waals surface area contributed by atoms with Crippen LogP contribution in [0, 0.1) is 6.92 Å². The molecule has 1 atom stereocenters. The first-order valence-corrected chi connectivity index (χ1v) is 4.23. The van der Waals surface area contributed by atoms with Gasteiger partial charge in [0.05, 0.1) is 5.60 Å². The Morgan fingerprint density at radius 1 is 1.38 bits per heavy atom. The summed E-state index contributed by atoms with van der Waals surface area (Å²) in [5.74, 6) is 0. The molecular weight excluding hydrogens is 166 g/mol. The average molecular weight is 181 g/mol. The summed E-state index contributed by atoms with van der Waals surface area (Å²) in [5, 5.41) is 19.2. The number of rotatable bonds is 2. The lowest BCUT2D eigenvalue weighted by atomic mass is 9.95. The van der Waals surface area contributed by atoms with Crippen LogP contribution in [0.5, 0.6) is 0 Å². The van der Waals surface area contributed by atoms with Gasteiger partial charge in [-0.05, 0) is 26.3 Å². The molecule has 0 aromatic carbocycles. The molecule has 0 radical (unpaired) electrons. The highest BCUT2D eigenvalue weighted by atomic mass is 16.3. The van der Waals surface area contributed by atoms with Crippen molar-refractivity contribution in [2.75, 3.05) is 0 Å². The first-order valence-electron chi connectivity index (χ1n) is 4.23. The molecule has 0 saturated heterocycles. The van der Waals surface area contributed by atoms with E-state index in [0.29, 0.717) is 5.56 Å². The van der Waals surface area contributed by atoms with E-state index in [4.69, 9.17) is 0 Å². The number of aliphatic hydroxyl groups is 2. The van der Waals surface area contributed by atoms with Crippen LogP contribution in [0.25, 0.3) is 0 Å². The molecule has 0 aliphatic carbocycles. The lowest BCUT2D eigenvalue weighted by molar-refractivity contribution is -0.0498. The zero-order valence-electron chi connectivity index (χ0n) is 8.15. The molecule has 1 rings (SSSR count). The van der Waals surface area contributed by atoms with Crippen LogP contribution in [0.1, 0.15) is 31.1 Å². The summed E-state index contributed by atoms with van der Waals surface area (Å²) in [6, 6.07) is 1.82. The normalized spacial score (nSPS) is 14.2. The maximum absolute atomic E-state index is 9.69. The summed E-state index contributed by atoms with van der Waals surface area (Å²) in [5.41, 5.74) is 0.489. The first kappa shape index (κ1) is 10.2. The number of aromatic nitrogens is 1. The molecule has 3 nitrogen and oxygen atoms in total. The maximum atomic E-state index is 9.69. The number of pyridine rings is 1. The SMILES string of the molecule is Cc1cncc(C(O)C(C)(C)O)c1. The van der Waals surface area contributed by atoms with Crippen molar-refractivity contribution < 1.29 is 10.2 Å². The van der Waals surface area contributed by atoms with E-state index >= 15 is 0 Å². The molecule has 0 saturated carbocycles. The van der Waals surface area contributed by atoms with Gasteiger partial charge in [-0.15, -0.1) is 0 Å². The van der Waals surface area contributed by atoms with Gasteiger partial charge in [0, 0.05) is 18.0 Å². The number of nitrogens with zero attached hydrogens (tertiary/aromatic N) is 1. The summed E-state index contributed by atoms with van der Waals surface area (Å²) in [6.45, 7) is 5.04. The van der Waals surface area contributed by atoms with Gasteiger partial charge in [0.15, 0.2) is 0 Å². The monoisotopic (exact) mass is 181 g/mol. The minimum atomic E-state index is -1.13. The topological polar surface area (TPSA) is 53.4 Å². The van der Waals surface area contributed by atoms with Gasteiger partial charge in [-0.25, -0.2) is 0 Å². The molecular formula is C10H15NO2. The fraction of sp³-hybridized carbons (Fsp3) is 0.500. The van der Waals surface area contributed by atoms with E-state index in [2.05, 4.69) is 4.98 Å². The second-order valence-electron chi connectivity index (χ2n) is 3.85. The van der Waals surface area contributed by atoms with Crippen LogP contribution in [-0.2, 0) is 0 Å². The van der Waals surface area contributed by atoms with E-state index in [-0.39, 0.29) is 0 Å². The maximum Gasteiger partial charge on any atom is 0.109 e. The van der Waals surface area contributed by atoms with Gasteiger partial charge in [-0.1, -0.05) is 6.07 Å². The minimum Gasteiger partial charge on any atom is -0.387 e. The Morgan fingerprint density at radius 2 is 2.00 bits per heavy atom. The van der Waals surface area contributed by atoms with Crippen molar-refractivity contribution in [1.29, 1.82) is 0 Å². The quantitative estimate of drug-likeness (QED) is 0.720. The summed E-state index contributed by atoms with van der Waals surface area (Å²) in [7, 11) is 0. The molecule has 72 valence electrons. The Balaban J connectivity index is 2.96. The van der Waals surface area contributed by atoms with Crippen molar-refractivity contribution >= 4 is 0 Å². The Hall–Kier alpha value is -0.930. The van der Waals surface area contributed by atoms with Gasteiger partial charge in [-0.3, -0.25) is 4.98 Å². The van der Waals surface area contributed by atoms with Crippen molar-refractivity contribution in [2.24, 2.45) is 0 Å². The van der Waals surface area contributed by atoms with Crippen LogP contribution in [-0.4, -0.2) is 20.8 Å². The van der Waals surface area contributed by atoms with E-state index in [0.717, 1.165) is 5.56 Å². The summed E-state index contributed by atoms with van der Waals surface area (Å²) >= 11 is 0. The zero-order valence-corrected chi connectivity index (χ0v) is 8.15. The van der Waals surface area contributed by atoms with Crippen molar-refractivity contribution in [2.45, 2.75) is 32.5 Å². The van der Waals surface area contributed by atoms with E-state index < -0.39 is 11.7 Å². The smallest absolute Gasteiger partial charge is 0.109 e. The fourth-order valence-corrected chi connectivity index (χ4v) is 1.14. The lowest BCUT2D eigenvalue weighted by Crippen LogP contribution is -2.28. The second-order valence-corrected chi connectivity index (χ2v) is 3.85. The molecule has 0 amide bonds. The predicted octanol–water partition coefficient (Wildman–Crippen LogP) is 1.19. The number of aliphatic hydroxyl groups excluding tert-OH is 1. The average Bonchev–Trinajstić information content (AvgIpc) is 2.01. The largest absolute Gasteiger partial charge is 0.387 e. The van der Waals surface area contributed by atoms with E-state index in [1.807, 2.05) is 13.0 Å². The third-order valence-corrected chi connectivity index (χ3v) is 1.88. The fourth-order valence-electron chi connectivity index (χ4n) is 1.14. The molecule has 13 heavy (non-hydrogen) atoms. The highest BCUT2D eigenvalue weighted by molar-refractivity contribution is 5.20. The summed E-state index contributed by atoms with van der Waals surface area (Å²) in [6.07, 6.45) is 2.39. The van der Waals surface area contributed by atoms with Crippen molar-refractivity contribution in [3.05, 3.63) is 29.6 Å². The minimum absolute atomic E-state index is 0.646. The predicted molar refractivity (Wildman–Crippen MR) is 50.2 cm³/mol. The zero-order chi connectivity index (χ0) is 10.1. The van der Waals surface area contributed by atoms with Gasteiger partial charge in [0.2, 0.25) is 0 Å². The third kappa shape index (κ3) is 2.50. The van der Waals surface area contributed by atoms with Gasteiger partial charge in [-0.2, -0.15) is 0 Å². The Labute approximate surface area is 78.1 Å². The van der Waals surface area contributed by atoms with Crippen LogP contribution >= 0.6 is 0 Å². The van der Waals surface area contributed by atoms with Crippen LogP contribution in [0.2, 0.25) is 0 Å². The number of hydrogen-bond acceptors (Lipinski definition) is 3. The van der Waals surface area contributed by atoms with E-state index in [1.165, 1.54) is 0 Å². The first-order chi connectivity index (χ1) is 5.91. The third-order valence-electron chi connectivity index (χ3n) is 1.88. The molecule has 1 aromatic heterocycles. The standard InChI is InChI=1S/C10H15NO2/c1-7-4-8(6-11-5-7)9(12)10(2,3)13/h4-6,9,12-13H,1-3H3. The molecule has 0 aliphatic heterocycles. The van der Waals surface area contributed by atoms with Gasteiger partial charge in [0.25, 0.3) is 0 Å². The molecule has 1 aromatic rings. The van der Waals surface area contributed by atoms with E-state index in [9.17, 15) is 10.2 Å². The molecule has 0 aliphatic rings. The van der Waals surface area contributed by atoms with E-state index in [1.54, 1.807) is 26.2 Å². The van der Waals surface area contributed by atoms with Crippen LogP contribution < -0.4 is 0 Å². The van der Waals surface area contributed by atoms with Crippen molar-refractivity contribution in [3.8, 4) is 0 Å². The van der Waals surface area contributed by atoms with Crippen LogP contribution in [0.3, 0.4) is 0 Å². The highest BCUT2D eigenvalue weighted by Gasteiger charge is 2.26. The Kier molecular flexibility index (Phi) is 2.68. The molecule has 1 heterocycles. The number of aryl methyl sites for hydroxylation is 1. The molecule has 1 unspecified atom stereocenters. The van der Waals surface area contributed by atoms with Gasteiger partial charge < -0.3 is 10.2 Å². The van der Waals surface area contributed by atoms with Crippen molar-refractivity contribution in [3.63, 3.8) is 0 Å². The van der Waals surface area contributed by atoms with Gasteiger partial charge in [0.1, 0.15) is 6.10 Å². The highest BCUT2D eigenvalue weighted by Crippen LogP contribution is 2.24. The number of hydrogen-bond donors (Lipinski definition) is 2. The molecule has 0 spiro atoms.